The smallest absolute Gasteiger partial charge is 0.331 e. The Morgan fingerprint density at radius 1 is 1.05 bits per heavy atom. The van der Waals surface area contributed by atoms with E-state index in [1.165, 1.54) is 50.9 Å². The summed E-state index contributed by atoms with van der Waals surface area (Å²) in [5.74, 6) is 0. The molecular formula is C14H26N2O3S. The summed E-state index contributed by atoms with van der Waals surface area (Å²) >= 11 is 0. The van der Waals surface area contributed by atoms with Gasteiger partial charge in [-0.3, -0.25) is 4.18 Å². The van der Waals surface area contributed by atoms with Crippen molar-refractivity contribution in [3.05, 3.63) is 12.4 Å². The van der Waals surface area contributed by atoms with Gasteiger partial charge in [0.05, 0.1) is 6.61 Å². The van der Waals surface area contributed by atoms with E-state index >= 15 is 0 Å². The molecule has 0 unspecified atom stereocenters. The van der Waals surface area contributed by atoms with Gasteiger partial charge in [-0.05, 0) is 6.42 Å². The fourth-order valence-electron chi connectivity index (χ4n) is 2.02. The monoisotopic (exact) mass is 302 g/mol. The van der Waals surface area contributed by atoms with Gasteiger partial charge in [-0.1, -0.05) is 58.3 Å². The van der Waals surface area contributed by atoms with Gasteiger partial charge >= 0.3 is 10.1 Å². The first-order valence-corrected chi connectivity index (χ1v) is 8.96. The molecule has 0 spiro atoms. The van der Waals surface area contributed by atoms with Crippen LogP contribution in [0, 0.1) is 0 Å². The van der Waals surface area contributed by atoms with Gasteiger partial charge in [0.25, 0.3) is 5.16 Å². The van der Waals surface area contributed by atoms with Crippen molar-refractivity contribution in [2.24, 2.45) is 0 Å². The molecule has 6 heteroatoms. The van der Waals surface area contributed by atoms with Crippen molar-refractivity contribution in [2.45, 2.75) is 69.9 Å². The lowest BCUT2D eigenvalue weighted by atomic mass is 10.1. The molecule has 0 amide bonds. The SMILES string of the molecule is CCCCCCCCCCCOS(=O)(=O)c1ncc[nH]1. The van der Waals surface area contributed by atoms with E-state index in [4.69, 9.17) is 4.18 Å². The summed E-state index contributed by atoms with van der Waals surface area (Å²) in [5.41, 5.74) is 0. The van der Waals surface area contributed by atoms with Gasteiger partial charge in [0.1, 0.15) is 0 Å². The zero-order valence-electron chi connectivity index (χ0n) is 12.3. The molecule has 0 aliphatic rings. The maximum Gasteiger partial charge on any atom is 0.331 e. The molecular weight excluding hydrogens is 276 g/mol. The van der Waals surface area contributed by atoms with Crippen LogP contribution in [-0.2, 0) is 14.3 Å². The second-order valence-electron chi connectivity index (χ2n) is 5.00. The minimum Gasteiger partial charge on any atom is -0.334 e. The molecule has 1 heterocycles. The van der Waals surface area contributed by atoms with Crippen molar-refractivity contribution in [3.8, 4) is 0 Å². The van der Waals surface area contributed by atoms with Gasteiger partial charge in [0.15, 0.2) is 0 Å². The van der Waals surface area contributed by atoms with Crippen LogP contribution in [0.5, 0.6) is 0 Å². The van der Waals surface area contributed by atoms with Crippen LogP contribution in [-0.4, -0.2) is 25.0 Å². The fourth-order valence-corrected chi connectivity index (χ4v) is 2.88. The molecule has 20 heavy (non-hydrogen) atoms. The highest BCUT2D eigenvalue weighted by atomic mass is 32.2. The second kappa shape index (κ2) is 9.94. The summed E-state index contributed by atoms with van der Waals surface area (Å²) < 4.78 is 28.1. The number of H-pyrrole nitrogens is 1. The molecule has 116 valence electrons. The Labute approximate surface area is 122 Å². The van der Waals surface area contributed by atoms with Crippen molar-refractivity contribution in [1.82, 2.24) is 9.97 Å². The number of imidazole rings is 1. The van der Waals surface area contributed by atoms with Gasteiger partial charge in [-0.25, -0.2) is 4.98 Å². The van der Waals surface area contributed by atoms with Crippen LogP contribution in [0.3, 0.4) is 0 Å². The predicted molar refractivity (Wildman–Crippen MR) is 79.0 cm³/mol. The molecule has 5 nitrogen and oxygen atoms in total. The van der Waals surface area contributed by atoms with E-state index in [1.54, 1.807) is 0 Å². The van der Waals surface area contributed by atoms with Gasteiger partial charge in [-0.15, -0.1) is 0 Å². The van der Waals surface area contributed by atoms with Crippen molar-refractivity contribution in [1.29, 1.82) is 0 Å². The summed E-state index contributed by atoms with van der Waals surface area (Å²) in [7, 11) is -3.69. The molecule has 0 aliphatic carbocycles. The van der Waals surface area contributed by atoms with Crippen LogP contribution >= 0.6 is 0 Å². The Kier molecular flexibility index (Phi) is 8.53. The summed E-state index contributed by atoms with van der Waals surface area (Å²) in [6, 6.07) is 0. The zero-order valence-corrected chi connectivity index (χ0v) is 13.1. The van der Waals surface area contributed by atoms with Crippen LogP contribution in [0.25, 0.3) is 0 Å². The molecule has 0 fully saturated rings. The normalized spacial score (nSPS) is 11.8. The predicted octanol–water partition coefficient (Wildman–Crippen LogP) is 3.65. The lowest BCUT2D eigenvalue weighted by Crippen LogP contribution is -2.09. The molecule has 1 aromatic rings. The van der Waals surface area contributed by atoms with E-state index in [0.717, 1.165) is 19.3 Å². The third-order valence-corrected chi connectivity index (χ3v) is 4.37. The van der Waals surface area contributed by atoms with Crippen molar-refractivity contribution < 1.29 is 12.6 Å². The average Bonchev–Trinajstić information content (AvgIpc) is 2.96. The zero-order chi connectivity index (χ0) is 14.7. The number of aromatic nitrogens is 2. The number of unbranched alkanes of at least 4 members (excludes halogenated alkanes) is 8. The van der Waals surface area contributed by atoms with Crippen molar-refractivity contribution in [3.63, 3.8) is 0 Å². The summed E-state index contributed by atoms with van der Waals surface area (Å²) in [6.07, 6.45) is 13.6. The molecule has 0 bridgehead atoms. The fraction of sp³-hybridized carbons (Fsp3) is 0.786. The molecule has 1 N–H and O–H groups in total. The van der Waals surface area contributed by atoms with Gasteiger partial charge in [-0.2, -0.15) is 8.42 Å². The third kappa shape index (κ3) is 7.05. The van der Waals surface area contributed by atoms with Crippen LogP contribution in [0.15, 0.2) is 17.6 Å². The van der Waals surface area contributed by atoms with Gasteiger partial charge < -0.3 is 4.98 Å². The minimum absolute atomic E-state index is 0.117. The Hall–Kier alpha value is -0.880. The average molecular weight is 302 g/mol. The molecule has 0 atom stereocenters. The van der Waals surface area contributed by atoms with Crippen molar-refractivity contribution in [2.75, 3.05) is 6.61 Å². The molecule has 1 rings (SSSR count). The molecule has 0 saturated carbocycles. The summed E-state index contributed by atoms with van der Waals surface area (Å²) in [4.78, 5) is 6.22. The number of nitrogens with one attached hydrogen (secondary N) is 1. The van der Waals surface area contributed by atoms with Crippen molar-refractivity contribution >= 4 is 10.1 Å². The van der Waals surface area contributed by atoms with Gasteiger partial charge in [0, 0.05) is 12.4 Å². The number of nitrogens with zero attached hydrogens (tertiary/aromatic N) is 1. The minimum atomic E-state index is -3.69. The van der Waals surface area contributed by atoms with Crippen LogP contribution in [0.4, 0.5) is 0 Å². The maximum absolute atomic E-state index is 11.6. The Morgan fingerprint density at radius 3 is 2.20 bits per heavy atom. The van der Waals surface area contributed by atoms with E-state index in [9.17, 15) is 8.42 Å². The quantitative estimate of drug-likeness (QED) is 0.472. The van der Waals surface area contributed by atoms with Gasteiger partial charge in [0.2, 0.25) is 0 Å². The van der Waals surface area contributed by atoms with E-state index in [-0.39, 0.29) is 11.8 Å². The molecule has 0 aromatic carbocycles. The summed E-state index contributed by atoms with van der Waals surface area (Å²) in [5, 5.41) is -0.117. The topological polar surface area (TPSA) is 72.1 Å². The number of aromatic amines is 1. The van der Waals surface area contributed by atoms with E-state index < -0.39 is 10.1 Å². The number of hydrogen-bond acceptors (Lipinski definition) is 4. The second-order valence-corrected chi connectivity index (χ2v) is 6.53. The van der Waals surface area contributed by atoms with Crippen LogP contribution in [0.1, 0.15) is 64.7 Å². The highest BCUT2D eigenvalue weighted by Crippen LogP contribution is 2.11. The first kappa shape index (κ1) is 17.2. The Balaban J connectivity index is 1.97. The third-order valence-electron chi connectivity index (χ3n) is 3.20. The van der Waals surface area contributed by atoms with Crippen LogP contribution < -0.4 is 0 Å². The largest absolute Gasteiger partial charge is 0.334 e. The highest BCUT2D eigenvalue weighted by molar-refractivity contribution is 7.86. The van der Waals surface area contributed by atoms with E-state index in [0.29, 0.717) is 0 Å². The first-order valence-electron chi connectivity index (χ1n) is 7.55. The number of hydrogen-bond donors (Lipinski definition) is 1. The summed E-state index contributed by atoms with van der Waals surface area (Å²) in [6.45, 7) is 2.45. The molecule has 0 saturated heterocycles. The highest BCUT2D eigenvalue weighted by Gasteiger charge is 2.16. The number of rotatable bonds is 12. The lowest BCUT2D eigenvalue weighted by molar-refractivity contribution is 0.303. The lowest BCUT2D eigenvalue weighted by Gasteiger charge is -2.03. The first-order chi connectivity index (χ1) is 9.67. The van der Waals surface area contributed by atoms with Crippen LogP contribution in [0.2, 0.25) is 0 Å². The Bertz CT molecular complexity index is 429. The Morgan fingerprint density at radius 2 is 1.65 bits per heavy atom. The standard InChI is InChI=1S/C14H26N2O3S/c1-2-3-4-5-6-7-8-9-10-13-19-20(17,18)14-15-11-12-16-14/h11-12H,2-10,13H2,1H3,(H,15,16). The maximum atomic E-state index is 11.6. The van der Waals surface area contributed by atoms with E-state index in [2.05, 4.69) is 16.9 Å². The molecule has 0 radical (unpaired) electrons. The van der Waals surface area contributed by atoms with E-state index in [1.807, 2.05) is 0 Å². The molecule has 1 aromatic heterocycles. The molecule has 0 aliphatic heterocycles.